The molecule has 0 saturated carbocycles. The predicted octanol–water partition coefficient (Wildman–Crippen LogP) is 3.49. The van der Waals surface area contributed by atoms with Crippen molar-refractivity contribution in [1.29, 1.82) is 0 Å². The molecule has 1 aromatic carbocycles. The number of hydrogen-bond donors (Lipinski definition) is 1. The van der Waals surface area contributed by atoms with E-state index in [1.165, 1.54) is 6.07 Å². The molecule has 1 aromatic heterocycles. The summed E-state index contributed by atoms with van der Waals surface area (Å²) in [7, 11) is 0. The van der Waals surface area contributed by atoms with E-state index in [2.05, 4.69) is 5.32 Å². The van der Waals surface area contributed by atoms with E-state index in [0.29, 0.717) is 23.9 Å². The Labute approximate surface area is 115 Å². The van der Waals surface area contributed by atoms with Crippen LogP contribution in [0.15, 0.2) is 34.7 Å². The third-order valence-corrected chi connectivity index (χ3v) is 2.78. The number of hydrogen-bond acceptors (Lipinski definition) is 4. The minimum atomic E-state index is -0.870. The van der Waals surface area contributed by atoms with Gasteiger partial charge in [0.05, 0.1) is 11.5 Å². The van der Waals surface area contributed by atoms with Crippen molar-refractivity contribution in [2.75, 3.05) is 0 Å². The number of rotatable bonds is 5. The van der Waals surface area contributed by atoms with Crippen LogP contribution in [-0.4, -0.2) is 11.0 Å². The molecule has 0 saturated heterocycles. The molecule has 106 valence electrons. The normalized spacial score (nSPS) is 11.0. The minimum absolute atomic E-state index is 0.334. The van der Waals surface area contributed by atoms with E-state index in [4.69, 9.17) is 4.42 Å². The van der Waals surface area contributed by atoms with E-state index >= 15 is 0 Å². The van der Waals surface area contributed by atoms with Gasteiger partial charge >= 0.3 is 5.69 Å². The second-order valence-electron chi connectivity index (χ2n) is 4.72. The highest BCUT2D eigenvalue weighted by Gasteiger charge is 2.15. The van der Waals surface area contributed by atoms with Crippen molar-refractivity contribution in [3.8, 4) is 11.3 Å². The first-order valence-electron chi connectivity index (χ1n) is 6.24. The van der Waals surface area contributed by atoms with Crippen LogP contribution in [-0.2, 0) is 6.54 Å². The lowest BCUT2D eigenvalue weighted by Crippen LogP contribution is -2.21. The van der Waals surface area contributed by atoms with E-state index in [9.17, 15) is 14.5 Å². The molecule has 0 aliphatic rings. The summed E-state index contributed by atoms with van der Waals surface area (Å²) in [6.07, 6.45) is 0. The average Bonchev–Trinajstić information content (AvgIpc) is 2.84. The Hall–Kier alpha value is -2.21. The standard InChI is InChI=1S/C14H15FN2O3/c1-9(2)16-8-11-4-6-14(20-11)10-3-5-13(17(18)19)12(15)7-10/h3-7,9,16H,8H2,1-2H3. The van der Waals surface area contributed by atoms with E-state index < -0.39 is 16.4 Å². The zero-order valence-corrected chi connectivity index (χ0v) is 11.2. The van der Waals surface area contributed by atoms with Gasteiger partial charge in [-0.05, 0) is 24.3 Å². The Bertz CT molecular complexity index is 623. The van der Waals surface area contributed by atoms with Gasteiger partial charge in [0.2, 0.25) is 5.82 Å². The maximum atomic E-state index is 13.6. The summed E-state index contributed by atoms with van der Waals surface area (Å²) in [5.41, 5.74) is -0.0640. The molecule has 20 heavy (non-hydrogen) atoms. The van der Waals surface area contributed by atoms with Crippen LogP contribution in [0.1, 0.15) is 19.6 Å². The van der Waals surface area contributed by atoms with Crippen LogP contribution >= 0.6 is 0 Å². The molecule has 5 nitrogen and oxygen atoms in total. The smallest absolute Gasteiger partial charge is 0.304 e. The zero-order valence-electron chi connectivity index (χ0n) is 11.2. The first kappa shape index (κ1) is 14.2. The fourth-order valence-electron chi connectivity index (χ4n) is 1.74. The summed E-state index contributed by atoms with van der Waals surface area (Å²) in [5, 5.41) is 13.8. The summed E-state index contributed by atoms with van der Waals surface area (Å²) in [4.78, 5) is 9.81. The molecule has 0 radical (unpaired) electrons. The maximum absolute atomic E-state index is 13.6. The van der Waals surface area contributed by atoms with Crippen molar-refractivity contribution < 1.29 is 13.7 Å². The van der Waals surface area contributed by atoms with Crippen LogP contribution in [0.25, 0.3) is 11.3 Å². The predicted molar refractivity (Wildman–Crippen MR) is 72.7 cm³/mol. The fourth-order valence-corrected chi connectivity index (χ4v) is 1.74. The molecule has 6 heteroatoms. The lowest BCUT2D eigenvalue weighted by Gasteiger charge is -2.05. The molecule has 2 rings (SSSR count). The second-order valence-corrected chi connectivity index (χ2v) is 4.72. The van der Waals surface area contributed by atoms with E-state index in [1.54, 1.807) is 12.1 Å². The third-order valence-electron chi connectivity index (χ3n) is 2.78. The number of nitrogens with one attached hydrogen (secondary N) is 1. The van der Waals surface area contributed by atoms with Gasteiger partial charge in [0.25, 0.3) is 0 Å². The highest BCUT2D eigenvalue weighted by atomic mass is 19.1. The van der Waals surface area contributed by atoms with Crippen molar-refractivity contribution in [2.45, 2.75) is 26.4 Å². The molecule has 0 spiro atoms. The largest absolute Gasteiger partial charge is 0.460 e. The number of nitrogens with zero attached hydrogens (tertiary/aromatic N) is 1. The van der Waals surface area contributed by atoms with Gasteiger partial charge in [-0.15, -0.1) is 0 Å². The van der Waals surface area contributed by atoms with Gasteiger partial charge in [0.1, 0.15) is 11.5 Å². The molecule has 1 N–H and O–H groups in total. The SMILES string of the molecule is CC(C)NCc1ccc(-c2ccc([N+](=O)[O-])c(F)c2)o1. The van der Waals surface area contributed by atoms with Gasteiger partial charge in [-0.3, -0.25) is 10.1 Å². The number of furan rings is 1. The summed E-state index contributed by atoms with van der Waals surface area (Å²) in [6.45, 7) is 4.62. The Morgan fingerprint density at radius 2 is 2.10 bits per heavy atom. The van der Waals surface area contributed by atoms with E-state index in [-0.39, 0.29) is 0 Å². The molecule has 0 aliphatic heterocycles. The summed E-state index contributed by atoms with van der Waals surface area (Å²) in [5.74, 6) is 0.345. The average molecular weight is 278 g/mol. The maximum Gasteiger partial charge on any atom is 0.304 e. The third kappa shape index (κ3) is 3.21. The Morgan fingerprint density at radius 1 is 1.35 bits per heavy atom. The van der Waals surface area contributed by atoms with Gasteiger partial charge in [0, 0.05) is 17.7 Å². The van der Waals surface area contributed by atoms with Gasteiger partial charge in [-0.2, -0.15) is 4.39 Å². The van der Waals surface area contributed by atoms with Crippen molar-refractivity contribution in [3.63, 3.8) is 0 Å². The van der Waals surface area contributed by atoms with Crippen LogP contribution < -0.4 is 5.32 Å². The van der Waals surface area contributed by atoms with Crippen molar-refractivity contribution in [1.82, 2.24) is 5.32 Å². The first-order valence-corrected chi connectivity index (χ1v) is 6.24. The molecule has 0 unspecified atom stereocenters. The number of halogens is 1. The van der Waals surface area contributed by atoms with Crippen molar-refractivity contribution in [2.24, 2.45) is 0 Å². The lowest BCUT2D eigenvalue weighted by molar-refractivity contribution is -0.387. The van der Waals surface area contributed by atoms with Gasteiger partial charge < -0.3 is 9.73 Å². The molecule has 1 heterocycles. The fraction of sp³-hybridized carbons (Fsp3) is 0.286. The molecular weight excluding hydrogens is 263 g/mol. The van der Waals surface area contributed by atoms with Crippen molar-refractivity contribution >= 4 is 5.69 Å². The minimum Gasteiger partial charge on any atom is -0.460 e. The number of nitro groups is 1. The Morgan fingerprint density at radius 3 is 2.70 bits per heavy atom. The first-order chi connectivity index (χ1) is 9.47. The highest BCUT2D eigenvalue weighted by Crippen LogP contribution is 2.27. The highest BCUT2D eigenvalue weighted by molar-refractivity contribution is 5.60. The van der Waals surface area contributed by atoms with Crippen LogP contribution in [0.3, 0.4) is 0 Å². The zero-order chi connectivity index (χ0) is 14.7. The Balaban J connectivity index is 2.20. The number of nitro benzene ring substituents is 1. The molecule has 2 aromatic rings. The molecule has 0 fully saturated rings. The molecule has 0 atom stereocenters. The van der Waals surface area contributed by atoms with Crippen LogP contribution in [0, 0.1) is 15.9 Å². The molecular formula is C14H15FN2O3. The molecule has 0 aliphatic carbocycles. The van der Waals surface area contributed by atoms with Crippen LogP contribution in [0.4, 0.5) is 10.1 Å². The molecule has 0 amide bonds. The Kier molecular flexibility index (Phi) is 4.14. The summed E-state index contributed by atoms with van der Waals surface area (Å²) < 4.78 is 19.1. The summed E-state index contributed by atoms with van der Waals surface area (Å²) in [6, 6.07) is 7.57. The monoisotopic (exact) mass is 278 g/mol. The van der Waals surface area contributed by atoms with Gasteiger partial charge in [-0.1, -0.05) is 13.8 Å². The van der Waals surface area contributed by atoms with Crippen LogP contribution in [0.2, 0.25) is 0 Å². The topological polar surface area (TPSA) is 68.3 Å². The quantitative estimate of drug-likeness (QED) is 0.671. The molecule has 0 bridgehead atoms. The van der Waals surface area contributed by atoms with Gasteiger partial charge in [-0.25, -0.2) is 0 Å². The van der Waals surface area contributed by atoms with E-state index in [1.807, 2.05) is 13.8 Å². The summed E-state index contributed by atoms with van der Waals surface area (Å²) >= 11 is 0. The number of benzene rings is 1. The second kappa shape index (κ2) is 5.83. The lowest BCUT2D eigenvalue weighted by atomic mass is 10.1. The van der Waals surface area contributed by atoms with Crippen LogP contribution in [0.5, 0.6) is 0 Å². The van der Waals surface area contributed by atoms with Gasteiger partial charge in [0.15, 0.2) is 0 Å². The van der Waals surface area contributed by atoms with E-state index in [0.717, 1.165) is 17.9 Å². The van der Waals surface area contributed by atoms with Crippen molar-refractivity contribution in [3.05, 3.63) is 52.0 Å².